The predicted molar refractivity (Wildman–Crippen MR) is 59.3 cm³/mol. The topological polar surface area (TPSA) is 38.9 Å². The highest BCUT2D eigenvalue weighted by Gasteiger charge is 2.11. The van der Waals surface area contributed by atoms with Crippen LogP contribution < -0.4 is 5.73 Å². The van der Waals surface area contributed by atoms with Crippen molar-refractivity contribution in [3.05, 3.63) is 52.0 Å². The van der Waals surface area contributed by atoms with E-state index in [2.05, 4.69) is 11.1 Å². The smallest absolute Gasteiger partial charge is 0.0663 e. The molecule has 0 fully saturated rings. The Morgan fingerprint density at radius 3 is 2.86 bits per heavy atom. The van der Waals surface area contributed by atoms with Crippen molar-refractivity contribution in [1.82, 2.24) is 4.98 Å². The van der Waals surface area contributed by atoms with E-state index in [1.165, 1.54) is 4.88 Å². The minimum atomic E-state index is -0.0382. The van der Waals surface area contributed by atoms with E-state index in [1.54, 1.807) is 17.5 Å². The highest BCUT2D eigenvalue weighted by Crippen LogP contribution is 2.24. The van der Waals surface area contributed by atoms with E-state index in [1.807, 2.05) is 30.5 Å². The molecular weight excluding hydrogens is 192 g/mol. The zero-order chi connectivity index (χ0) is 9.97. The molecule has 1 atom stereocenters. The van der Waals surface area contributed by atoms with Gasteiger partial charge in [-0.15, -0.1) is 11.3 Å². The van der Waals surface area contributed by atoms with Crippen molar-refractivity contribution in [3.8, 4) is 0 Å². The minimum absolute atomic E-state index is 0.0382. The molecule has 2 heterocycles. The molecule has 0 amide bonds. The van der Waals surface area contributed by atoms with Gasteiger partial charge in [0, 0.05) is 16.8 Å². The van der Waals surface area contributed by atoms with E-state index in [-0.39, 0.29) is 6.04 Å². The molecule has 72 valence electrons. The largest absolute Gasteiger partial charge is 0.320 e. The second kappa shape index (κ2) is 3.90. The van der Waals surface area contributed by atoms with Gasteiger partial charge in [0.1, 0.15) is 0 Å². The summed E-state index contributed by atoms with van der Waals surface area (Å²) in [7, 11) is 0. The lowest BCUT2D eigenvalue weighted by Crippen LogP contribution is -2.12. The minimum Gasteiger partial charge on any atom is -0.320 e. The van der Waals surface area contributed by atoms with E-state index in [9.17, 15) is 0 Å². The molecule has 0 bridgehead atoms. The van der Waals surface area contributed by atoms with Gasteiger partial charge in [-0.2, -0.15) is 0 Å². The molecule has 0 saturated heterocycles. The molecule has 0 aliphatic heterocycles. The van der Waals surface area contributed by atoms with Crippen LogP contribution in [-0.4, -0.2) is 4.98 Å². The number of rotatable bonds is 2. The number of aryl methyl sites for hydroxylation is 1. The van der Waals surface area contributed by atoms with Crippen molar-refractivity contribution >= 4 is 11.3 Å². The zero-order valence-electron chi connectivity index (χ0n) is 7.97. The van der Waals surface area contributed by atoms with Gasteiger partial charge in [0.25, 0.3) is 0 Å². The summed E-state index contributed by atoms with van der Waals surface area (Å²) in [6, 6.07) is 8.00. The molecule has 0 aromatic carbocycles. The Morgan fingerprint density at radius 2 is 2.21 bits per heavy atom. The summed E-state index contributed by atoms with van der Waals surface area (Å²) < 4.78 is 0. The lowest BCUT2D eigenvalue weighted by molar-refractivity contribution is 0.867. The molecule has 14 heavy (non-hydrogen) atoms. The molecule has 2 aromatic heterocycles. The number of hydrogen-bond donors (Lipinski definition) is 1. The highest BCUT2D eigenvalue weighted by atomic mass is 32.1. The zero-order valence-corrected chi connectivity index (χ0v) is 8.79. The maximum atomic E-state index is 6.13. The monoisotopic (exact) mass is 204 g/mol. The Hall–Kier alpha value is -1.19. The Bertz CT molecular complexity index is 409. The molecule has 0 spiro atoms. The van der Waals surface area contributed by atoms with E-state index in [0.717, 1.165) is 11.3 Å². The van der Waals surface area contributed by atoms with Crippen LogP contribution in [0.4, 0.5) is 0 Å². The normalized spacial score (nSPS) is 12.7. The number of pyridine rings is 1. The summed E-state index contributed by atoms with van der Waals surface area (Å²) in [5.74, 6) is 0. The maximum Gasteiger partial charge on any atom is 0.0663 e. The lowest BCUT2D eigenvalue weighted by Gasteiger charge is -2.11. The van der Waals surface area contributed by atoms with Crippen molar-refractivity contribution in [1.29, 1.82) is 0 Å². The summed E-state index contributed by atoms with van der Waals surface area (Å²) in [6.07, 6.45) is 1.79. The summed E-state index contributed by atoms with van der Waals surface area (Å²) in [5.41, 5.74) is 8.25. The Morgan fingerprint density at radius 1 is 1.36 bits per heavy atom. The third kappa shape index (κ3) is 1.69. The van der Waals surface area contributed by atoms with Gasteiger partial charge in [0.15, 0.2) is 0 Å². The first kappa shape index (κ1) is 9.37. The van der Waals surface area contributed by atoms with Crippen LogP contribution in [0.3, 0.4) is 0 Å². The van der Waals surface area contributed by atoms with E-state index in [4.69, 9.17) is 5.73 Å². The van der Waals surface area contributed by atoms with Crippen LogP contribution in [0.2, 0.25) is 0 Å². The van der Waals surface area contributed by atoms with E-state index in [0.29, 0.717) is 0 Å². The van der Waals surface area contributed by atoms with Gasteiger partial charge < -0.3 is 5.73 Å². The lowest BCUT2D eigenvalue weighted by atomic mass is 10.1. The van der Waals surface area contributed by atoms with Crippen molar-refractivity contribution < 1.29 is 0 Å². The molecule has 0 saturated carbocycles. The van der Waals surface area contributed by atoms with Crippen molar-refractivity contribution in [2.24, 2.45) is 5.73 Å². The SMILES string of the molecule is Cc1ncccc1C(N)c1cccs1. The standard InChI is InChI=1S/C11H12N2S/c1-8-9(4-2-6-13-8)11(12)10-5-3-7-14-10/h2-7,11H,12H2,1H3. The van der Waals surface area contributed by atoms with Crippen molar-refractivity contribution in [2.45, 2.75) is 13.0 Å². The number of nitrogens with two attached hydrogens (primary N) is 1. The second-order valence-electron chi connectivity index (χ2n) is 3.17. The van der Waals surface area contributed by atoms with Crippen molar-refractivity contribution in [3.63, 3.8) is 0 Å². The van der Waals surface area contributed by atoms with Crippen LogP contribution in [-0.2, 0) is 0 Å². The summed E-state index contributed by atoms with van der Waals surface area (Å²) in [6.45, 7) is 1.99. The van der Waals surface area contributed by atoms with Gasteiger partial charge in [-0.1, -0.05) is 12.1 Å². The van der Waals surface area contributed by atoms with Crippen LogP contribution in [0.1, 0.15) is 22.2 Å². The molecule has 0 aliphatic carbocycles. The van der Waals surface area contributed by atoms with Gasteiger partial charge >= 0.3 is 0 Å². The summed E-state index contributed by atoms with van der Waals surface area (Å²) in [4.78, 5) is 5.42. The first-order valence-corrected chi connectivity index (χ1v) is 5.37. The van der Waals surface area contributed by atoms with Gasteiger partial charge in [-0.3, -0.25) is 4.98 Å². The molecule has 2 rings (SSSR count). The molecule has 0 aliphatic rings. The first-order valence-electron chi connectivity index (χ1n) is 4.49. The van der Waals surface area contributed by atoms with E-state index >= 15 is 0 Å². The average Bonchev–Trinajstić information content (AvgIpc) is 2.70. The predicted octanol–water partition coefficient (Wildman–Crippen LogP) is 2.50. The molecule has 2 N–H and O–H groups in total. The fourth-order valence-electron chi connectivity index (χ4n) is 1.45. The van der Waals surface area contributed by atoms with Crippen molar-refractivity contribution in [2.75, 3.05) is 0 Å². The Labute approximate surface area is 87.4 Å². The number of aromatic nitrogens is 1. The van der Waals surface area contributed by atoms with E-state index < -0.39 is 0 Å². The summed E-state index contributed by atoms with van der Waals surface area (Å²) in [5, 5.41) is 2.04. The quantitative estimate of drug-likeness (QED) is 0.816. The van der Waals surface area contributed by atoms with Crippen LogP contribution >= 0.6 is 11.3 Å². The van der Waals surface area contributed by atoms with Gasteiger partial charge in [-0.25, -0.2) is 0 Å². The number of nitrogens with zero attached hydrogens (tertiary/aromatic N) is 1. The van der Waals surface area contributed by atoms with Crippen LogP contribution in [0, 0.1) is 6.92 Å². The van der Waals surface area contributed by atoms with Crippen LogP contribution in [0.5, 0.6) is 0 Å². The van der Waals surface area contributed by atoms with Crippen LogP contribution in [0.15, 0.2) is 35.8 Å². The average molecular weight is 204 g/mol. The molecule has 0 radical (unpaired) electrons. The Balaban J connectivity index is 2.37. The third-order valence-corrected chi connectivity index (χ3v) is 3.19. The fourth-order valence-corrected chi connectivity index (χ4v) is 2.19. The highest BCUT2D eigenvalue weighted by molar-refractivity contribution is 7.10. The third-order valence-electron chi connectivity index (χ3n) is 2.23. The van der Waals surface area contributed by atoms with Crippen LogP contribution in [0.25, 0.3) is 0 Å². The first-order chi connectivity index (χ1) is 6.79. The Kier molecular flexibility index (Phi) is 2.61. The maximum absolute atomic E-state index is 6.13. The molecule has 3 heteroatoms. The molecule has 2 nitrogen and oxygen atoms in total. The molecule has 2 aromatic rings. The summed E-state index contributed by atoms with van der Waals surface area (Å²) >= 11 is 1.68. The molecular formula is C11H12N2S. The second-order valence-corrected chi connectivity index (χ2v) is 4.15. The number of hydrogen-bond acceptors (Lipinski definition) is 3. The fraction of sp³-hybridized carbons (Fsp3) is 0.182. The van der Waals surface area contributed by atoms with Gasteiger partial charge in [-0.05, 0) is 30.0 Å². The van der Waals surface area contributed by atoms with Gasteiger partial charge in [0.05, 0.1) is 6.04 Å². The molecule has 1 unspecified atom stereocenters. The number of thiophene rings is 1. The van der Waals surface area contributed by atoms with Gasteiger partial charge in [0.2, 0.25) is 0 Å².